The van der Waals surface area contributed by atoms with Crippen LogP contribution >= 0.6 is 11.6 Å². The van der Waals surface area contributed by atoms with E-state index in [1.54, 1.807) is 12.3 Å². The van der Waals surface area contributed by atoms with Crippen molar-refractivity contribution in [1.29, 1.82) is 0 Å². The van der Waals surface area contributed by atoms with Crippen molar-refractivity contribution in [2.75, 3.05) is 11.1 Å². The number of aromatic nitrogens is 3. The zero-order chi connectivity index (χ0) is 13.1. The zero-order valence-corrected chi connectivity index (χ0v) is 11.2. The molecule has 0 aliphatic carbocycles. The number of hydrogen-bond acceptors (Lipinski definition) is 4. The lowest BCUT2D eigenvalue weighted by molar-refractivity contribution is 0.746. The average molecular weight is 266 g/mol. The molecule has 2 heterocycles. The van der Waals surface area contributed by atoms with Gasteiger partial charge in [-0.2, -0.15) is 5.10 Å². The summed E-state index contributed by atoms with van der Waals surface area (Å²) in [5.41, 5.74) is 8.38. The number of nitrogens with two attached hydrogens (primary N) is 1. The van der Waals surface area contributed by atoms with E-state index in [2.05, 4.69) is 22.3 Å². The van der Waals surface area contributed by atoms with Crippen LogP contribution in [-0.2, 0) is 20.0 Å². The van der Waals surface area contributed by atoms with Crippen LogP contribution in [0.4, 0.5) is 11.5 Å². The van der Waals surface area contributed by atoms with E-state index in [1.807, 2.05) is 17.9 Å². The first kappa shape index (κ1) is 12.7. The number of anilines is 2. The molecule has 2 rings (SSSR count). The van der Waals surface area contributed by atoms with E-state index in [9.17, 15) is 0 Å². The molecule has 6 heteroatoms. The van der Waals surface area contributed by atoms with E-state index in [0.717, 1.165) is 17.7 Å². The number of pyridine rings is 1. The van der Waals surface area contributed by atoms with Gasteiger partial charge in [-0.1, -0.05) is 18.5 Å². The van der Waals surface area contributed by atoms with Gasteiger partial charge in [-0.15, -0.1) is 0 Å². The van der Waals surface area contributed by atoms with Gasteiger partial charge in [0.2, 0.25) is 0 Å². The summed E-state index contributed by atoms with van der Waals surface area (Å²) in [7, 11) is 1.91. The van der Waals surface area contributed by atoms with E-state index in [4.69, 9.17) is 17.3 Å². The molecule has 5 nitrogen and oxygen atoms in total. The molecule has 0 bridgehead atoms. The highest BCUT2D eigenvalue weighted by atomic mass is 35.5. The van der Waals surface area contributed by atoms with Crippen molar-refractivity contribution >= 4 is 23.1 Å². The number of nitrogen functional groups attached to an aromatic ring is 1. The van der Waals surface area contributed by atoms with Gasteiger partial charge >= 0.3 is 0 Å². The molecule has 0 atom stereocenters. The Morgan fingerprint density at radius 3 is 2.94 bits per heavy atom. The number of nitrogens with one attached hydrogen (secondary N) is 1. The van der Waals surface area contributed by atoms with Crippen molar-refractivity contribution in [3.63, 3.8) is 0 Å². The largest absolute Gasteiger partial charge is 0.397 e. The lowest BCUT2D eigenvalue weighted by Gasteiger charge is -2.07. The van der Waals surface area contributed by atoms with Crippen LogP contribution in [0.25, 0.3) is 0 Å². The highest BCUT2D eigenvalue weighted by Gasteiger charge is 2.07. The van der Waals surface area contributed by atoms with Crippen LogP contribution in [0.5, 0.6) is 0 Å². The van der Waals surface area contributed by atoms with Crippen molar-refractivity contribution in [2.45, 2.75) is 19.9 Å². The fraction of sp³-hybridized carbons (Fsp3) is 0.333. The fourth-order valence-corrected chi connectivity index (χ4v) is 2.03. The van der Waals surface area contributed by atoms with Crippen molar-refractivity contribution < 1.29 is 0 Å². The number of aryl methyl sites for hydroxylation is 2. The SMILES string of the molecule is CCc1nn(C)cc1CNc1ncc(N)cc1Cl. The predicted octanol–water partition coefficient (Wildman–Crippen LogP) is 2.23. The van der Waals surface area contributed by atoms with E-state index in [1.165, 1.54) is 0 Å². The maximum atomic E-state index is 6.05. The second-order valence-electron chi connectivity index (χ2n) is 4.08. The molecule has 0 amide bonds. The molecule has 0 spiro atoms. The molecular weight excluding hydrogens is 250 g/mol. The van der Waals surface area contributed by atoms with Gasteiger partial charge in [0.05, 0.1) is 22.6 Å². The summed E-state index contributed by atoms with van der Waals surface area (Å²) in [6.45, 7) is 2.73. The van der Waals surface area contributed by atoms with Crippen LogP contribution in [0.2, 0.25) is 5.02 Å². The highest BCUT2D eigenvalue weighted by molar-refractivity contribution is 6.33. The van der Waals surface area contributed by atoms with Crippen LogP contribution in [0.1, 0.15) is 18.2 Å². The molecule has 0 aliphatic rings. The molecule has 0 saturated carbocycles. The minimum Gasteiger partial charge on any atom is -0.397 e. The van der Waals surface area contributed by atoms with E-state index < -0.39 is 0 Å². The van der Waals surface area contributed by atoms with Gasteiger partial charge in [0.15, 0.2) is 0 Å². The average Bonchev–Trinajstić information content (AvgIpc) is 2.68. The lowest BCUT2D eigenvalue weighted by atomic mass is 10.2. The summed E-state index contributed by atoms with van der Waals surface area (Å²) >= 11 is 6.05. The van der Waals surface area contributed by atoms with Crippen molar-refractivity contribution in [3.8, 4) is 0 Å². The maximum absolute atomic E-state index is 6.05. The quantitative estimate of drug-likeness (QED) is 0.889. The summed E-state index contributed by atoms with van der Waals surface area (Å²) in [6.07, 6.45) is 4.48. The first-order valence-corrected chi connectivity index (χ1v) is 6.14. The molecule has 0 aromatic carbocycles. The minimum atomic E-state index is 0.525. The fourth-order valence-electron chi connectivity index (χ4n) is 1.79. The van der Waals surface area contributed by atoms with Crippen LogP contribution in [-0.4, -0.2) is 14.8 Å². The van der Waals surface area contributed by atoms with Crippen molar-refractivity contribution in [2.24, 2.45) is 7.05 Å². The van der Waals surface area contributed by atoms with Gasteiger partial charge in [-0.3, -0.25) is 4.68 Å². The Hall–Kier alpha value is -1.75. The third-order valence-corrected chi connectivity index (χ3v) is 2.92. The Morgan fingerprint density at radius 2 is 2.28 bits per heavy atom. The molecule has 96 valence electrons. The number of nitrogens with zero attached hydrogens (tertiary/aromatic N) is 3. The van der Waals surface area contributed by atoms with Crippen LogP contribution in [0.3, 0.4) is 0 Å². The standard InChI is InChI=1S/C12H16ClN5/c1-3-11-8(7-18(2)17-11)5-15-12-10(13)4-9(14)6-16-12/h4,6-7H,3,5,14H2,1-2H3,(H,15,16). The van der Waals surface area contributed by atoms with Gasteiger partial charge in [-0.05, 0) is 12.5 Å². The van der Waals surface area contributed by atoms with Gasteiger partial charge in [-0.25, -0.2) is 4.98 Å². The zero-order valence-electron chi connectivity index (χ0n) is 10.4. The minimum absolute atomic E-state index is 0.525. The summed E-state index contributed by atoms with van der Waals surface area (Å²) in [6, 6.07) is 1.68. The van der Waals surface area contributed by atoms with Gasteiger partial charge in [0.1, 0.15) is 5.82 Å². The Kier molecular flexibility index (Phi) is 3.72. The van der Waals surface area contributed by atoms with Crippen molar-refractivity contribution in [1.82, 2.24) is 14.8 Å². The summed E-state index contributed by atoms with van der Waals surface area (Å²) in [4.78, 5) is 4.16. The Labute approximate surface area is 111 Å². The molecule has 18 heavy (non-hydrogen) atoms. The van der Waals surface area contributed by atoms with Crippen molar-refractivity contribution in [3.05, 3.63) is 34.7 Å². The topological polar surface area (TPSA) is 68.8 Å². The smallest absolute Gasteiger partial charge is 0.145 e. The molecule has 2 aromatic heterocycles. The maximum Gasteiger partial charge on any atom is 0.145 e. The Balaban J connectivity index is 2.11. The van der Waals surface area contributed by atoms with Crippen LogP contribution in [0.15, 0.2) is 18.5 Å². The van der Waals surface area contributed by atoms with Gasteiger partial charge < -0.3 is 11.1 Å². The normalized spacial score (nSPS) is 10.6. The summed E-state index contributed by atoms with van der Waals surface area (Å²) in [5.74, 6) is 0.636. The predicted molar refractivity (Wildman–Crippen MR) is 73.6 cm³/mol. The number of rotatable bonds is 4. The van der Waals surface area contributed by atoms with E-state index in [0.29, 0.717) is 23.1 Å². The molecule has 0 saturated heterocycles. The Bertz CT molecular complexity index is 549. The van der Waals surface area contributed by atoms with Crippen LogP contribution in [0, 0.1) is 0 Å². The number of halogens is 1. The molecular formula is C12H16ClN5. The molecule has 3 N–H and O–H groups in total. The lowest BCUT2D eigenvalue weighted by Crippen LogP contribution is -2.03. The molecule has 0 unspecified atom stereocenters. The first-order valence-electron chi connectivity index (χ1n) is 5.76. The monoisotopic (exact) mass is 265 g/mol. The molecule has 0 aliphatic heterocycles. The molecule has 2 aromatic rings. The second kappa shape index (κ2) is 5.27. The second-order valence-corrected chi connectivity index (χ2v) is 4.49. The van der Waals surface area contributed by atoms with E-state index >= 15 is 0 Å². The van der Waals surface area contributed by atoms with E-state index in [-0.39, 0.29) is 0 Å². The van der Waals surface area contributed by atoms with Gasteiger partial charge in [0.25, 0.3) is 0 Å². The summed E-state index contributed by atoms with van der Waals surface area (Å²) < 4.78 is 1.81. The molecule has 0 radical (unpaired) electrons. The highest BCUT2D eigenvalue weighted by Crippen LogP contribution is 2.22. The molecule has 0 fully saturated rings. The Morgan fingerprint density at radius 1 is 1.50 bits per heavy atom. The number of hydrogen-bond donors (Lipinski definition) is 2. The van der Waals surface area contributed by atoms with Gasteiger partial charge in [0, 0.05) is 25.4 Å². The first-order chi connectivity index (χ1) is 8.60. The third kappa shape index (κ3) is 2.73. The third-order valence-electron chi connectivity index (χ3n) is 2.64. The van der Waals surface area contributed by atoms with Crippen LogP contribution < -0.4 is 11.1 Å². The summed E-state index contributed by atoms with van der Waals surface area (Å²) in [5, 5.41) is 8.10.